The Morgan fingerprint density at radius 1 is 0.509 bits per heavy atom. The van der Waals surface area contributed by atoms with Crippen molar-refractivity contribution in [2.45, 2.75) is 19.3 Å². The monoisotopic (exact) mass is 708 g/mol. The first-order chi connectivity index (χ1) is 27.0. The zero-order chi connectivity index (χ0) is 36.7. The third kappa shape index (κ3) is 4.78. The molecule has 0 saturated carbocycles. The highest BCUT2D eigenvalue weighted by Crippen LogP contribution is 2.61. The van der Waals surface area contributed by atoms with Crippen molar-refractivity contribution in [3.8, 4) is 33.8 Å². The fourth-order valence-corrected chi connectivity index (χ4v) is 8.90. The Morgan fingerprint density at radius 2 is 1.18 bits per heavy atom. The fraction of sp³-hybridized carbons (Fsp3) is 0.0588. The van der Waals surface area contributed by atoms with Gasteiger partial charge < -0.3 is 19.0 Å². The van der Waals surface area contributed by atoms with E-state index >= 15 is 0 Å². The van der Waals surface area contributed by atoms with E-state index in [0.29, 0.717) is 0 Å². The van der Waals surface area contributed by atoms with Crippen LogP contribution in [0.1, 0.15) is 25.0 Å². The van der Waals surface area contributed by atoms with Crippen LogP contribution in [-0.2, 0) is 5.41 Å². The highest BCUT2D eigenvalue weighted by atomic mass is 16.5. The van der Waals surface area contributed by atoms with Gasteiger partial charge in [-0.2, -0.15) is 0 Å². The van der Waals surface area contributed by atoms with Crippen LogP contribution < -0.4 is 14.5 Å². The minimum absolute atomic E-state index is 0.313. The minimum Gasteiger partial charge on any atom is -0.454 e. The van der Waals surface area contributed by atoms with Gasteiger partial charge in [0.2, 0.25) is 0 Å². The molecule has 0 amide bonds. The summed E-state index contributed by atoms with van der Waals surface area (Å²) in [6, 6.07) is 64.6. The molecule has 0 radical (unpaired) electrons. The number of hydrogen-bond donors (Lipinski definition) is 0. The molecular formula is C51H36N2O2. The van der Waals surface area contributed by atoms with Gasteiger partial charge in [0.25, 0.3) is 0 Å². The topological polar surface area (TPSA) is 28.9 Å². The Bertz CT molecular complexity index is 2940. The van der Waals surface area contributed by atoms with E-state index in [4.69, 9.17) is 9.15 Å². The molecule has 9 aromatic rings. The van der Waals surface area contributed by atoms with Crippen LogP contribution in [0.2, 0.25) is 0 Å². The maximum Gasteiger partial charge on any atom is 0.159 e. The van der Waals surface area contributed by atoms with Gasteiger partial charge in [-0.15, -0.1) is 0 Å². The average molecular weight is 709 g/mol. The average Bonchev–Trinajstić information content (AvgIpc) is 3.62. The molecule has 0 atom stereocenters. The molecule has 0 fully saturated rings. The van der Waals surface area contributed by atoms with Gasteiger partial charge in [0.05, 0.1) is 22.7 Å². The molecule has 1 aromatic heterocycles. The second-order valence-electron chi connectivity index (χ2n) is 14.9. The largest absolute Gasteiger partial charge is 0.454 e. The molecule has 0 spiro atoms. The standard InChI is InChI=1S/C51H36N2O2/c1-51(2)41-21-13-27-47-49(41)53(42-22-7-9-26-46(42)54-47)43-23-11-19-38(48(43)51)35-16-10-17-37(32-35)52(36-30-28-34(29-31-36)33-14-4-3-5-15-33)44-24-12-20-40-39-18-6-8-25-45(39)55-50(40)44/h3-32H,1-2H3. The highest BCUT2D eigenvalue weighted by molar-refractivity contribution is 6.10. The summed E-state index contributed by atoms with van der Waals surface area (Å²) in [5.41, 5.74) is 15.1. The van der Waals surface area contributed by atoms with E-state index in [0.717, 1.165) is 67.4 Å². The van der Waals surface area contributed by atoms with Crippen molar-refractivity contribution < 1.29 is 9.15 Å². The number of fused-ring (bicyclic) bond motifs is 7. The Morgan fingerprint density at radius 3 is 2.07 bits per heavy atom. The molecule has 0 unspecified atom stereocenters. The lowest BCUT2D eigenvalue weighted by atomic mass is 9.70. The van der Waals surface area contributed by atoms with Crippen LogP contribution in [0.3, 0.4) is 0 Å². The lowest BCUT2D eigenvalue weighted by Gasteiger charge is -2.45. The van der Waals surface area contributed by atoms with Crippen LogP contribution in [0, 0.1) is 0 Å². The van der Waals surface area contributed by atoms with Gasteiger partial charge in [-0.25, -0.2) is 0 Å². The molecule has 8 aromatic carbocycles. The third-order valence-electron chi connectivity index (χ3n) is 11.4. The summed E-state index contributed by atoms with van der Waals surface area (Å²) in [5.74, 6) is 1.75. The van der Waals surface area contributed by atoms with Crippen LogP contribution in [0.25, 0.3) is 44.2 Å². The van der Waals surface area contributed by atoms with E-state index in [-0.39, 0.29) is 5.41 Å². The molecule has 0 saturated heterocycles. The van der Waals surface area contributed by atoms with Crippen molar-refractivity contribution in [2.24, 2.45) is 0 Å². The zero-order valence-electron chi connectivity index (χ0n) is 30.5. The van der Waals surface area contributed by atoms with Crippen LogP contribution in [0.4, 0.5) is 34.1 Å². The summed E-state index contributed by atoms with van der Waals surface area (Å²) in [6.45, 7) is 4.69. The maximum absolute atomic E-state index is 6.66. The molecule has 11 rings (SSSR count). The van der Waals surface area contributed by atoms with Crippen molar-refractivity contribution in [3.05, 3.63) is 193 Å². The highest BCUT2D eigenvalue weighted by Gasteiger charge is 2.42. The van der Waals surface area contributed by atoms with E-state index in [9.17, 15) is 0 Å². The zero-order valence-corrected chi connectivity index (χ0v) is 30.5. The fourth-order valence-electron chi connectivity index (χ4n) is 8.90. The Kier molecular flexibility index (Phi) is 6.86. The van der Waals surface area contributed by atoms with Crippen molar-refractivity contribution in [3.63, 3.8) is 0 Å². The number of nitrogens with zero attached hydrogens (tertiary/aromatic N) is 2. The van der Waals surface area contributed by atoms with Crippen molar-refractivity contribution >= 4 is 56.1 Å². The normalized spacial score (nSPS) is 13.5. The Hall–Kier alpha value is -7.04. The number of ether oxygens (including phenoxy) is 1. The molecule has 2 aliphatic heterocycles. The molecular weight excluding hydrogens is 673 g/mol. The van der Waals surface area contributed by atoms with E-state index in [1.54, 1.807) is 0 Å². The first-order valence-electron chi connectivity index (χ1n) is 18.8. The van der Waals surface area contributed by atoms with E-state index in [1.807, 2.05) is 18.2 Å². The molecule has 3 heterocycles. The summed E-state index contributed by atoms with van der Waals surface area (Å²) in [7, 11) is 0. The van der Waals surface area contributed by atoms with Crippen LogP contribution in [-0.4, -0.2) is 0 Å². The predicted octanol–water partition coefficient (Wildman–Crippen LogP) is 14.6. The number of anilines is 6. The van der Waals surface area contributed by atoms with Gasteiger partial charge in [0, 0.05) is 27.6 Å². The van der Waals surface area contributed by atoms with Gasteiger partial charge in [-0.1, -0.05) is 135 Å². The van der Waals surface area contributed by atoms with Crippen LogP contribution in [0.5, 0.6) is 11.5 Å². The molecule has 0 bridgehead atoms. The summed E-state index contributed by atoms with van der Waals surface area (Å²) in [4.78, 5) is 4.74. The van der Waals surface area contributed by atoms with Crippen molar-refractivity contribution in [1.82, 2.24) is 0 Å². The van der Waals surface area contributed by atoms with Crippen LogP contribution in [0.15, 0.2) is 186 Å². The van der Waals surface area contributed by atoms with E-state index < -0.39 is 0 Å². The van der Waals surface area contributed by atoms with Crippen molar-refractivity contribution in [1.29, 1.82) is 0 Å². The maximum atomic E-state index is 6.66. The molecule has 2 aliphatic rings. The predicted molar refractivity (Wildman–Crippen MR) is 226 cm³/mol. The molecule has 4 nitrogen and oxygen atoms in total. The summed E-state index contributed by atoms with van der Waals surface area (Å²) in [5, 5.41) is 2.21. The van der Waals surface area contributed by atoms with Gasteiger partial charge in [-0.3, -0.25) is 0 Å². The smallest absolute Gasteiger partial charge is 0.159 e. The number of furan rings is 1. The molecule has 262 valence electrons. The van der Waals surface area contributed by atoms with E-state index in [1.165, 1.54) is 33.5 Å². The van der Waals surface area contributed by atoms with Gasteiger partial charge in [-0.05, 0) is 94.0 Å². The summed E-state index contributed by atoms with van der Waals surface area (Å²) in [6.07, 6.45) is 0. The Balaban J connectivity index is 1.11. The Labute approximate surface area is 320 Å². The first-order valence-corrected chi connectivity index (χ1v) is 18.8. The van der Waals surface area contributed by atoms with E-state index in [2.05, 4.69) is 187 Å². The quantitative estimate of drug-likeness (QED) is 0.178. The molecule has 0 aliphatic carbocycles. The second-order valence-corrected chi connectivity index (χ2v) is 14.9. The SMILES string of the molecule is CC1(C)c2cccc3c2N(c2ccccc2O3)c2cccc(-c3cccc(N(c4ccc(-c5ccccc5)cc4)c4cccc5c4oc4ccccc45)c3)c21. The lowest BCUT2D eigenvalue weighted by molar-refractivity contribution is 0.471. The van der Waals surface area contributed by atoms with Gasteiger partial charge in [0.1, 0.15) is 5.58 Å². The van der Waals surface area contributed by atoms with Gasteiger partial charge in [0.15, 0.2) is 17.1 Å². The van der Waals surface area contributed by atoms with Crippen molar-refractivity contribution in [2.75, 3.05) is 9.80 Å². The number of hydrogen-bond acceptors (Lipinski definition) is 4. The number of para-hydroxylation sites is 5. The third-order valence-corrected chi connectivity index (χ3v) is 11.4. The molecule has 4 heteroatoms. The minimum atomic E-state index is -0.313. The number of rotatable bonds is 5. The summed E-state index contributed by atoms with van der Waals surface area (Å²) < 4.78 is 13.2. The second kappa shape index (κ2) is 12.0. The van der Waals surface area contributed by atoms with Crippen LogP contribution >= 0.6 is 0 Å². The summed E-state index contributed by atoms with van der Waals surface area (Å²) >= 11 is 0. The molecule has 0 N–H and O–H groups in total. The van der Waals surface area contributed by atoms with Gasteiger partial charge >= 0.3 is 0 Å². The number of benzene rings is 8. The first kappa shape index (κ1) is 31.5. The lowest BCUT2D eigenvalue weighted by Crippen LogP contribution is -2.32. The molecule has 55 heavy (non-hydrogen) atoms.